The number of carbonyl (C=O) groups is 11. The van der Waals surface area contributed by atoms with Crippen LogP contribution in [0.25, 0.3) is 0 Å². The van der Waals surface area contributed by atoms with Crippen LogP contribution in [0.3, 0.4) is 0 Å². The zero-order valence-electron chi connectivity index (χ0n) is 50.9. The van der Waals surface area contributed by atoms with Crippen LogP contribution in [0.1, 0.15) is 137 Å². The molecule has 0 aromatic heterocycles. The van der Waals surface area contributed by atoms with Crippen molar-refractivity contribution in [2.24, 2.45) is 52.0 Å². The molecule has 0 radical (unpaired) electrons. The summed E-state index contributed by atoms with van der Waals surface area (Å²) in [5.41, 5.74) is 39.5. The van der Waals surface area contributed by atoms with Gasteiger partial charge in [-0.25, -0.2) is 0 Å². The number of primary amides is 1. The highest BCUT2D eigenvalue weighted by Crippen LogP contribution is 2.31. The Balaban J connectivity index is 1.26. The molecular weight excluding hydrogens is 1120 g/mol. The van der Waals surface area contributed by atoms with Gasteiger partial charge in [0.1, 0.15) is 79.3 Å². The Morgan fingerprint density at radius 3 is 1.07 bits per heavy atom. The number of rotatable bonds is 32. The van der Waals surface area contributed by atoms with Crippen LogP contribution in [0.2, 0.25) is 0 Å². The van der Waals surface area contributed by atoms with Crippen molar-refractivity contribution in [2.75, 3.05) is 52.4 Å². The van der Waals surface area contributed by atoms with Crippen molar-refractivity contribution in [2.45, 2.75) is 217 Å². The molecule has 31 nitrogen and oxygen atoms in total. The second-order valence-corrected chi connectivity index (χ2v) is 24.1. The van der Waals surface area contributed by atoms with Gasteiger partial charge in [-0.1, -0.05) is 27.7 Å². The third kappa shape index (κ3) is 19.7. The average Bonchev–Trinajstić information content (AvgIpc) is 1.97. The highest BCUT2D eigenvalue weighted by Gasteiger charge is 2.49. The fraction of sp³-hybridized carbons (Fsp3) is 0.800. The molecule has 5 aliphatic heterocycles. The minimum absolute atomic E-state index is 0.0409. The van der Waals surface area contributed by atoms with Crippen LogP contribution in [0.4, 0.5) is 0 Å². The summed E-state index contributed by atoms with van der Waals surface area (Å²) in [6, 6.07) is -10.1. The van der Waals surface area contributed by atoms with Crippen molar-refractivity contribution in [3.05, 3.63) is 0 Å². The van der Waals surface area contributed by atoms with Gasteiger partial charge in [0.2, 0.25) is 65.0 Å². The van der Waals surface area contributed by atoms with Crippen molar-refractivity contribution < 1.29 is 52.7 Å². The van der Waals surface area contributed by atoms with E-state index in [1.165, 1.54) is 31.4 Å². The van der Waals surface area contributed by atoms with Crippen molar-refractivity contribution in [1.82, 2.24) is 67.0 Å². The van der Waals surface area contributed by atoms with E-state index in [9.17, 15) is 52.7 Å². The van der Waals surface area contributed by atoms with Crippen LogP contribution >= 0.6 is 0 Å². The highest BCUT2D eigenvalue weighted by atomic mass is 16.2. The molecule has 0 aliphatic carbocycles. The molecular formula is C55H100N20O11. The molecule has 5 fully saturated rings. The zero-order valence-corrected chi connectivity index (χ0v) is 50.9. The molecule has 5 saturated heterocycles. The summed E-state index contributed by atoms with van der Waals surface area (Å²) < 4.78 is 0. The maximum absolute atomic E-state index is 14.7. The Morgan fingerprint density at radius 2 is 0.709 bits per heavy atom. The Hall–Kier alpha value is -6.19. The monoisotopic (exact) mass is 1220 g/mol. The second-order valence-electron chi connectivity index (χ2n) is 24.1. The number of nitrogens with zero attached hydrogens (tertiary/aromatic N) is 5. The van der Waals surface area contributed by atoms with Crippen LogP contribution in [0.15, 0.2) is 0 Å². The summed E-state index contributed by atoms with van der Waals surface area (Å²) in [6.07, 6.45) is 2.77. The van der Waals surface area contributed by atoms with Crippen molar-refractivity contribution >= 4 is 65.0 Å². The van der Waals surface area contributed by atoms with Gasteiger partial charge < -0.3 is 91.2 Å². The van der Waals surface area contributed by atoms with Gasteiger partial charge in [0, 0.05) is 39.6 Å². The number of hydrogen-bond acceptors (Lipinski definition) is 20. The van der Waals surface area contributed by atoms with E-state index >= 15 is 0 Å². The standard InChI is InChI=1S/C55H100N20O11/c1-30(2)41(66-32(5)76)51(85)74-28-13-21-40(74)50(84)73-27-11-19-38(73)48(82)72-26-10-18-37(72)47(81)70-42(31(3)4)52(86)75-29-12-20-39(75)49(83)71-25-9-17-36(71)46(80)69-35(16-8-24-65-55(61)62)45(79)68-34(15-7-23-64-54(59)60)44(78)67-33(43(56)77)14-6-22-63-53(57)58/h30-31,33-42,53-55,63-65H,6-29,57-62H2,1-5H3,(H2,56,77)(H,66,76)(H,67,78)(H,68,79)(H,69,80)(H,70,81)/t33-,34-,35-,36-,37-,38-,39-,40-,41-,42-/m0/s1. The molecule has 5 heterocycles. The SMILES string of the molecule is CC(=O)N[C@H](C(=O)N1CCC[C@H]1C(=O)N1CCC[C@H]1C(=O)N1CCC[C@H]1C(=O)N[C@H](C(=O)N1CCC[C@H]1C(=O)N1CCC[C@H]1C(=O)N[C@@H](CCCNC(N)N)C(=O)N[C@@H](CCCNC(N)N)C(=O)N[C@@H](CCCNC(N)N)C(N)=O)C(C)C)C(C)C. The first-order valence-corrected chi connectivity index (χ1v) is 30.8. The van der Waals surface area contributed by atoms with Gasteiger partial charge >= 0.3 is 0 Å². The molecule has 0 aromatic carbocycles. The minimum Gasteiger partial charge on any atom is -0.368 e. The molecule has 0 spiro atoms. The van der Waals surface area contributed by atoms with Gasteiger partial charge in [-0.05, 0) is 134 Å². The summed E-state index contributed by atoms with van der Waals surface area (Å²) in [6.45, 7) is 10.6. The Morgan fingerprint density at radius 1 is 0.407 bits per heavy atom. The van der Waals surface area contributed by atoms with Gasteiger partial charge in [-0.3, -0.25) is 68.7 Å². The summed E-state index contributed by atoms with van der Waals surface area (Å²) in [5.74, 6) is -6.56. The summed E-state index contributed by atoms with van der Waals surface area (Å²) in [5, 5.41) is 22.4. The zero-order chi connectivity index (χ0) is 63.5. The van der Waals surface area contributed by atoms with Gasteiger partial charge in [0.05, 0.1) is 0 Å². The molecule has 486 valence electrons. The lowest BCUT2D eigenvalue weighted by Gasteiger charge is -2.36. The second kappa shape index (κ2) is 33.8. The van der Waals surface area contributed by atoms with Crippen LogP contribution in [-0.2, 0) is 52.7 Å². The van der Waals surface area contributed by atoms with Crippen LogP contribution in [-0.4, -0.2) is 221 Å². The predicted molar refractivity (Wildman–Crippen MR) is 316 cm³/mol. The van der Waals surface area contributed by atoms with Crippen molar-refractivity contribution in [3.8, 4) is 0 Å². The summed E-state index contributed by atoms with van der Waals surface area (Å²) in [7, 11) is 0. The molecule has 5 aliphatic rings. The third-order valence-corrected chi connectivity index (χ3v) is 16.7. The normalized spacial score (nSPS) is 22.4. The smallest absolute Gasteiger partial charge is 0.246 e. The van der Waals surface area contributed by atoms with Gasteiger partial charge in [-0.2, -0.15) is 0 Å². The maximum Gasteiger partial charge on any atom is 0.246 e. The van der Waals surface area contributed by atoms with Crippen LogP contribution in [0.5, 0.6) is 0 Å². The molecule has 31 heteroatoms. The van der Waals surface area contributed by atoms with Gasteiger partial charge in [0.25, 0.3) is 0 Å². The Labute approximate surface area is 504 Å². The van der Waals surface area contributed by atoms with Crippen LogP contribution < -0.4 is 82.7 Å². The molecule has 11 amide bonds. The number of carbonyl (C=O) groups excluding carboxylic acids is 11. The first-order valence-electron chi connectivity index (χ1n) is 30.8. The van der Waals surface area contributed by atoms with E-state index in [1.807, 2.05) is 13.8 Å². The molecule has 0 unspecified atom stereocenters. The molecule has 22 N–H and O–H groups in total. The van der Waals surface area contributed by atoms with Gasteiger partial charge in [-0.15, -0.1) is 0 Å². The van der Waals surface area contributed by atoms with E-state index in [2.05, 4.69) is 42.5 Å². The van der Waals surface area contributed by atoms with Crippen molar-refractivity contribution in [3.63, 3.8) is 0 Å². The summed E-state index contributed by atoms with van der Waals surface area (Å²) in [4.78, 5) is 161. The molecule has 0 bridgehead atoms. The predicted octanol–water partition coefficient (Wildman–Crippen LogP) is -6.10. The molecule has 0 aromatic rings. The number of nitrogens with two attached hydrogens (primary N) is 7. The Bertz CT molecular complexity index is 2360. The molecule has 5 rings (SSSR count). The van der Waals surface area contributed by atoms with E-state index in [0.717, 1.165) is 0 Å². The van der Waals surface area contributed by atoms with Crippen LogP contribution in [0, 0.1) is 11.8 Å². The fourth-order valence-corrected chi connectivity index (χ4v) is 12.3. The largest absolute Gasteiger partial charge is 0.368 e. The lowest BCUT2D eigenvalue weighted by Crippen LogP contribution is -2.60. The van der Waals surface area contributed by atoms with E-state index < -0.39 is 127 Å². The lowest BCUT2D eigenvalue weighted by atomic mass is 10.0. The fourth-order valence-electron chi connectivity index (χ4n) is 12.3. The quantitative estimate of drug-likeness (QED) is 0.0220. The Kier molecular flexibility index (Phi) is 27.7. The van der Waals surface area contributed by atoms with E-state index in [1.54, 1.807) is 13.8 Å². The highest BCUT2D eigenvalue weighted by molar-refractivity contribution is 5.99. The topological polar surface area (TPSA) is 482 Å². The number of hydrogen-bond donors (Lipinski definition) is 15. The van der Waals surface area contributed by atoms with E-state index in [0.29, 0.717) is 83.8 Å². The number of amides is 11. The lowest BCUT2D eigenvalue weighted by molar-refractivity contribution is -0.152. The van der Waals surface area contributed by atoms with E-state index in [4.69, 9.17) is 40.1 Å². The molecule has 10 atom stereocenters. The third-order valence-electron chi connectivity index (χ3n) is 16.7. The average molecular weight is 1220 g/mol. The number of likely N-dealkylation sites (tertiary alicyclic amines) is 5. The summed E-state index contributed by atoms with van der Waals surface area (Å²) >= 11 is 0. The van der Waals surface area contributed by atoms with Crippen molar-refractivity contribution in [1.29, 1.82) is 0 Å². The van der Waals surface area contributed by atoms with Gasteiger partial charge in [0.15, 0.2) is 0 Å². The minimum atomic E-state index is -1.24. The first-order chi connectivity index (χ1) is 40.7. The number of nitrogens with one attached hydrogen (secondary N) is 8. The first kappa shape index (κ1) is 70.6. The molecule has 86 heavy (non-hydrogen) atoms. The maximum atomic E-state index is 14.7. The van der Waals surface area contributed by atoms with E-state index in [-0.39, 0.29) is 101 Å². The molecule has 0 saturated carbocycles.